The molecule has 0 fully saturated rings. The number of rotatable bonds is 2. The van der Waals surface area contributed by atoms with Crippen molar-refractivity contribution in [3.63, 3.8) is 0 Å². The maximum absolute atomic E-state index is 12.3. The normalized spacial score (nSPS) is 18.1. The van der Waals surface area contributed by atoms with Crippen molar-refractivity contribution in [2.24, 2.45) is 11.1 Å². The molecular weight excluding hydrogens is 256 g/mol. The van der Waals surface area contributed by atoms with Gasteiger partial charge in [0.25, 0.3) is 0 Å². The van der Waals surface area contributed by atoms with Crippen LogP contribution in [0, 0.1) is 5.41 Å². The zero-order chi connectivity index (χ0) is 14.0. The Hall–Kier alpha value is -1.13. The van der Waals surface area contributed by atoms with Crippen LogP contribution in [0.15, 0.2) is 29.2 Å². The van der Waals surface area contributed by atoms with Crippen molar-refractivity contribution < 1.29 is 4.79 Å². The van der Waals surface area contributed by atoms with E-state index in [-0.39, 0.29) is 11.3 Å². The maximum Gasteiger partial charge on any atom is 0.245 e. The van der Waals surface area contributed by atoms with Gasteiger partial charge in [-0.3, -0.25) is 4.79 Å². The second kappa shape index (κ2) is 5.47. The van der Waals surface area contributed by atoms with Crippen LogP contribution in [0.4, 0.5) is 0 Å². The Kier molecular flexibility index (Phi) is 4.11. The van der Waals surface area contributed by atoms with Crippen molar-refractivity contribution in [3.05, 3.63) is 34.0 Å². The summed E-state index contributed by atoms with van der Waals surface area (Å²) < 4.78 is 0. The summed E-state index contributed by atoms with van der Waals surface area (Å²) in [7, 11) is 0. The zero-order valence-corrected chi connectivity index (χ0v) is 12.7. The number of hydrogen-bond donors (Lipinski definition) is 1. The minimum atomic E-state index is -0.510. The van der Waals surface area contributed by atoms with Crippen LogP contribution in [0.25, 0.3) is 0 Å². The number of thiophene rings is 1. The van der Waals surface area contributed by atoms with E-state index in [1.807, 2.05) is 22.4 Å². The van der Waals surface area contributed by atoms with Gasteiger partial charge in [0, 0.05) is 18.0 Å². The van der Waals surface area contributed by atoms with Gasteiger partial charge in [-0.05, 0) is 23.3 Å². The van der Waals surface area contributed by atoms with Gasteiger partial charge in [-0.25, -0.2) is 0 Å². The van der Waals surface area contributed by atoms with Gasteiger partial charge in [-0.1, -0.05) is 38.5 Å². The molecule has 0 aromatic carbocycles. The quantitative estimate of drug-likeness (QED) is 0.845. The Bertz CT molecular complexity index is 471. The van der Waals surface area contributed by atoms with Crippen LogP contribution in [-0.2, 0) is 4.79 Å². The summed E-state index contributed by atoms with van der Waals surface area (Å²) >= 11 is 1.54. The van der Waals surface area contributed by atoms with Crippen molar-refractivity contribution in [1.82, 2.24) is 4.90 Å². The van der Waals surface area contributed by atoms with Crippen LogP contribution in [0.1, 0.15) is 38.1 Å². The molecule has 0 saturated heterocycles. The highest BCUT2D eigenvalue weighted by molar-refractivity contribution is 7.10. The van der Waals surface area contributed by atoms with Gasteiger partial charge in [0.1, 0.15) is 6.04 Å². The second-order valence-electron chi connectivity index (χ2n) is 6.01. The lowest BCUT2D eigenvalue weighted by atomic mass is 9.83. The van der Waals surface area contributed by atoms with Gasteiger partial charge < -0.3 is 10.6 Å². The highest BCUT2D eigenvalue weighted by atomic mass is 32.1. The van der Waals surface area contributed by atoms with E-state index < -0.39 is 6.04 Å². The molecule has 1 aromatic heterocycles. The van der Waals surface area contributed by atoms with Gasteiger partial charge in [-0.15, -0.1) is 11.3 Å². The summed E-state index contributed by atoms with van der Waals surface area (Å²) in [6, 6.07) is 3.35. The van der Waals surface area contributed by atoms with Gasteiger partial charge in [0.15, 0.2) is 0 Å². The van der Waals surface area contributed by atoms with Crippen molar-refractivity contribution >= 4 is 17.2 Å². The minimum Gasteiger partial charge on any atom is -0.337 e. The number of nitrogens with zero attached hydrogens (tertiary/aromatic N) is 1. The number of hydrogen-bond acceptors (Lipinski definition) is 3. The first-order valence-electron chi connectivity index (χ1n) is 6.67. The molecule has 4 heteroatoms. The molecule has 1 unspecified atom stereocenters. The van der Waals surface area contributed by atoms with E-state index in [9.17, 15) is 4.79 Å². The third-order valence-corrected chi connectivity index (χ3v) is 4.56. The lowest BCUT2D eigenvalue weighted by Gasteiger charge is -2.33. The smallest absolute Gasteiger partial charge is 0.245 e. The highest BCUT2D eigenvalue weighted by Gasteiger charge is 2.27. The highest BCUT2D eigenvalue weighted by Crippen LogP contribution is 2.30. The average molecular weight is 278 g/mol. The predicted molar refractivity (Wildman–Crippen MR) is 80.0 cm³/mol. The molecule has 2 rings (SSSR count). The van der Waals surface area contributed by atoms with Gasteiger partial charge in [0.2, 0.25) is 5.91 Å². The molecule has 0 bridgehead atoms. The standard InChI is InChI=1S/C15H22N2OS/c1-15(2,3)11-6-8-17(9-7-11)14(18)13(16)12-5-4-10-19-12/h4-6,10,13H,7-9,16H2,1-3H3. The maximum atomic E-state index is 12.3. The first kappa shape index (κ1) is 14.3. The van der Waals surface area contributed by atoms with E-state index in [1.54, 1.807) is 11.3 Å². The molecular formula is C15H22N2OS. The Morgan fingerprint density at radius 2 is 2.21 bits per heavy atom. The molecule has 0 spiro atoms. The van der Waals surface area contributed by atoms with Crippen LogP contribution in [0.5, 0.6) is 0 Å². The minimum absolute atomic E-state index is 0.0339. The zero-order valence-electron chi connectivity index (χ0n) is 11.8. The Morgan fingerprint density at radius 3 is 2.68 bits per heavy atom. The molecule has 104 valence electrons. The molecule has 0 radical (unpaired) electrons. The van der Waals surface area contributed by atoms with Crippen molar-refractivity contribution in [2.75, 3.05) is 13.1 Å². The second-order valence-corrected chi connectivity index (χ2v) is 6.99. The first-order valence-corrected chi connectivity index (χ1v) is 7.55. The van der Waals surface area contributed by atoms with Crippen molar-refractivity contribution in [3.8, 4) is 0 Å². The number of amides is 1. The fraction of sp³-hybridized carbons (Fsp3) is 0.533. The number of nitrogens with two attached hydrogens (primary N) is 1. The lowest BCUT2D eigenvalue weighted by Crippen LogP contribution is -2.41. The predicted octanol–water partition coefficient (Wildman–Crippen LogP) is 2.95. The molecule has 19 heavy (non-hydrogen) atoms. The largest absolute Gasteiger partial charge is 0.337 e. The summed E-state index contributed by atoms with van der Waals surface area (Å²) in [6.45, 7) is 8.11. The van der Waals surface area contributed by atoms with E-state index in [1.165, 1.54) is 5.57 Å². The summed E-state index contributed by atoms with van der Waals surface area (Å²) in [6.07, 6.45) is 3.13. The molecule has 2 N–H and O–H groups in total. The molecule has 1 aliphatic rings. The van der Waals surface area contributed by atoms with Crippen LogP contribution in [-0.4, -0.2) is 23.9 Å². The third kappa shape index (κ3) is 3.25. The number of carbonyl (C=O) groups excluding carboxylic acids is 1. The molecule has 1 atom stereocenters. The lowest BCUT2D eigenvalue weighted by molar-refractivity contribution is -0.132. The molecule has 1 aliphatic heterocycles. The molecule has 0 aliphatic carbocycles. The van der Waals surface area contributed by atoms with Crippen LogP contribution >= 0.6 is 11.3 Å². The van der Waals surface area contributed by atoms with E-state index in [4.69, 9.17) is 5.73 Å². The van der Waals surface area contributed by atoms with Crippen molar-refractivity contribution in [1.29, 1.82) is 0 Å². The Labute approximate surface area is 119 Å². The molecule has 3 nitrogen and oxygen atoms in total. The first-order chi connectivity index (χ1) is 8.89. The SMILES string of the molecule is CC(C)(C)C1=CCN(C(=O)C(N)c2cccs2)CC1. The van der Waals surface area contributed by atoms with Crippen LogP contribution in [0.2, 0.25) is 0 Å². The summed E-state index contributed by atoms with van der Waals surface area (Å²) in [4.78, 5) is 15.1. The Balaban J connectivity index is 2.02. The number of carbonyl (C=O) groups is 1. The summed E-state index contributed by atoms with van der Waals surface area (Å²) in [5, 5.41) is 1.95. The van der Waals surface area contributed by atoms with Crippen molar-refractivity contribution in [2.45, 2.75) is 33.2 Å². The third-order valence-electron chi connectivity index (χ3n) is 3.60. The van der Waals surface area contributed by atoms with E-state index in [0.717, 1.165) is 17.8 Å². The van der Waals surface area contributed by atoms with Crippen LogP contribution in [0.3, 0.4) is 0 Å². The molecule has 2 heterocycles. The fourth-order valence-corrected chi connectivity index (χ4v) is 3.06. The topological polar surface area (TPSA) is 46.3 Å². The fourth-order valence-electron chi connectivity index (χ4n) is 2.34. The molecule has 1 amide bonds. The molecule has 1 aromatic rings. The van der Waals surface area contributed by atoms with Gasteiger partial charge in [-0.2, -0.15) is 0 Å². The van der Waals surface area contributed by atoms with Crippen LogP contribution < -0.4 is 5.73 Å². The van der Waals surface area contributed by atoms with E-state index in [0.29, 0.717) is 6.54 Å². The van der Waals surface area contributed by atoms with Gasteiger partial charge in [0.05, 0.1) is 0 Å². The van der Waals surface area contributed by atoms with E-state index >= 15 is 0 Å². The average Bonchev–Trinajstić information content (AvgIpc) is 2.90. The summed E-state index contributed by atoms with van der Waals surface area (Å²) in [5.74, 6) is 0.0339. The summed E-state index contributed by atoms with van der Waals surface area (Å²) in [5.41, 5.74) is 7.66. The van der Waals surface area contributed by atoms with Gasteiger partial charge >= 0.3 is 0 Å². The Morgan fingerprint density at radius 1 is 1.47 bits per heavy atom. The molecule has 0 saturated carbocycles. The monoisotopic (exact) mass is 278 g/mol. The van der Waals surface area contributed by atoms with E-state index in [2.05, 4.69) is 26.8 Å².